The van der Waals surface area contributed by atoms with Gasteiger partial charge in [-0.2, -0.15) is 0 Å². The molecule has 28 heavy (non-hydrogen) atoms. The van der Waals surface area contributed by atoms with E-state index in [0.29, 0.717) is 0 Å². The first-order valence-corrected chi connectivity index (χ1v) is 10.4. The van der Waals surface area contributed by atoms with Gasteiger partial charge in [-0.3, -0.25) is 9.59 Å². The van der Waals surface area contributed by atoms with E-state index in [0.717, 1.165) is 17.4 Å². The number of halogens is 1. The normalized spacial score (nSPS) is 12.2. The van der Waals surface area contributed by atoms with Gasteiger partial charge in [0.1, 0.15) is 9.90 Å². The van der Waals surface area contributed by atoms with Gasteiger partial charge in [-0.1, -0.05) is 11.6 Å². The molecule has 2 amide bonds. The first-order chi connectivity index (χ1) is 13.1. The van der Waals surface area contributed by atoms with Crippen molar-refractivity contribution in [1.29, 1.82) is 0 Å². The lowest BCUT2D eigenvalue weighted by Crippen LogP contribution is -2.30. The highest BCUT2D eigenvalue weighted by molar-refractivity contribution is 7.89. The van der Waals surface area contributed by atoms with Crippen molar-refractivity contribution < 1.29 is 27.5 Å². The summed E-state index contributed by atoms with van der Waals surface area (Å²) >= 11 is 6.95. The van der Waals surface area contributed by atoms with Crippen LogP contribution in [-0.4, -0.2) is 39.4 Å². The van der Waals surface area contributed by atoms with Crippen LogP contribution in [0.5, 0.6) is 0 Å². The molecule has 1 atom stereocenters. The number of carbonyl (C=O) groups excluding carboxylic acids is 3. The van der Waals surface area contributed by atoms with Crippen LogP contribution in [0.25, 0.3) is 0 Å². The maximum Gasteiger partial charge on any atom is 0.338 e. The SMILES string of the molecule is CNS(=O)(=O)c1cc(C(=O)O[C@H](C)C(=O)Nc2sccc2C(N)=O)ccc1Cl. The number of esters is 1. The zero-order valence-corrected chi connectivity index (χ0v) is 17.1. The van der Waals surface area contributed by atoms with Crippen molar-refractivity contribution in [2.75, 3.05) is 12.4 Å². The van der Waals surface area contributed by atoms with E-state index in [1.807, 2.05) is 0 Å². The van der Waals surface area contributed by atoms with Gasteiger partial charge in [0, 0.05) is 0 Å². The van der Waals surface area contributed by atoms with E-state index in [4.69, 9.17) is 22.1 Å². The molecular weight excluding hydrogens is 430 g/mol. The molecule has 4 N–H and O–H groups in total. The smallest absolute Gasteiger partial charge is 0.338 e. The van der Waals surface area contributed by atoms with Gasteiger partial charge in [-0.15, -0.1) is 11.3 Å². The number of ether oxygens (including phenoxy) is 1. The van der Waals surface area contributed by atoms with Crippen LogP contribution in [-0.2, 0) is 19.6 Å². The molecule has 0 aliphatic carbocycles. The predicted octanol–water partition coefficient (Wildman–Crippen LogP) is 1.59. The molecule has 150 valence electrons. The molecule has 9 nitrogen and oxygen atoms in total. The van der Waals surface area contributed by atoms with Crippen LogP contribution in [0.3, 0.4) is 0 Å². The van der Waals surface area contributed by atoms with Crippen molar-refractivity contribution in [2.24, 2.45) is 5.73 Å². The molecule has 0 aliphatic heterocycles. The Morgan fingerprint density at radius 1 is 1.25 bits per heavy atom. The number of nitrogens with two attached hydrogens (primary N) is 1. The molecular formula is C16H16ClN3O6S2. The van der Waals surface area contributed by atoms with Gasteiger partial charge >= 0.3 is 5.97 Å². The fourth-order valence-electron chi connectivity index (χ4n) is 2.04. The minimum Gasteiger partial charge on any atom is -0.449 e. The number of carbonyl (C=O) groups is 3. The lowest BCUT2D eigenvalue weighted by molar-refractivity contribution is -0.123. The first kappa shape index (κ1) is 21.8. The average molecular weight is 446 g/mol. The molecule has 1 aromatic carbocycles. The van der Waals surface area contributed by atoms with Gasteiger partial charge in [0.15, 0.2) is 6.10 Å². The zero-order valence-electron chi connectivity index (χ0n) is 14.7. The minimum absolute atomic E-state index is 0.0756. The Hall–Kier alpha value is -2.47. The standard InChI is InChI=1S/C16H16ClN3O6S2/c1-8(14(22)20-15-10(13(18)21)5-6-27-15)26-16(23)9-3-4-11(17)12(7-9)28(24,25)19-2/h3-8,19H,1-2H3,(H2,18,21)(H,20,22)/t8-/m1/s1. The molecule has 0 unspecified atom stereocenters. The second kappa shape index (κ2) is 8.69. The molecule has 0 fully saturated rings. The van der Waals surface area contributed by atoms with Crippen LogP contribution in [0, 0.1) is 0 Å². The lowest BCUT2D eigenvalue weighted by atomic mass is 10.2. The van der Waals surface area contributed by atoms with Gasteiger partial charge in [-0.05, 0) is 43.6 Å². The summed E-state index contributed by atoms with van der Waals surface area (Å²) in [6.07, 6.45) is -1.23. The fourth-order valence-corrected chi connectivity index (χ4v) is 4.09. The van der Waals surface area contributed by atoms with E-state index in [-0.39, 0.29) is 26.0 Å². The summed E-state index contributed by atoms with van der Waals surface area (Å²) < 4.78 is 31.1. The van der Waals surface area contributed by atoms with Crippen LogP contribution in [0.4, 0.5) is 5.00 Å². The number of thiophene rings is 1. The van der Waals surface area contributed by atoms with E-state index in [1.165, 1.54) is 32.2 Å². The summed E-state index contributed by atoms with van der Waals surface area (Å²) in [6.45, 7) is 1.33. The Kier molecular flexibility index (Phi) is 6.77. The minimum atomic E-state index is -3.89. The van der Waals surface area contributed by atoms with Gasteiger partial charge < -0.3 is 15.8 Å². The maximum atomic E-state index is 12.3. The van der Waals surface area contributed by atoms with Crippen molar-refractivity contribution in [3.63, 3.8) is 0 Å². The number of anilines is 1. The second-order valence-corrected chi connectivity index (χ2v) is 8.60. The van der Waals surface area contributed by atoms with Crippen molar-refractivity contribution in [3.05, 3.63) is 45.8 Å². The number of hydrogen-bond acceptors (Lipinski definition) is 7. The average Bonchev–Trinajstić information content (AvgIpc) is 3.10. The molecule has 2 rings (SSSR count). The Morgan fingerprint density at radius 3 is 2.54 bits per heavy atom. The van der Waals surface area contributed by atoms with Crippen LogP contribution in [0.1, 0.15) is 27.6 Å². The van der Waals surface area contributed by atoms with Crippen LogP contribution >= 0.6 is 22.9 Å². The molecule has 0 aliphatic rings. The summed E-state index contributed by atoms with van der Waals surface area (Å²) in [4.78, 5) is 35.5. The van der Waals surface area contributed by atoms with Gasteiger partial charge in [0.05, 0.1) is 16.1 Å². The number of primary amides is 1. The van der Waals surface area contributed by atoms with Gasteiger partial charge in [0.2, 0.25) is 10.0 Å². The molecule has 0 spiro atoms. The van der Waals surface area contributed by atoms with E-state index in [9.17, 15) is 22.8 Å². The third-order valence-electron chi connectivity index (χ3n) is 3.55. The molecule has 0 saturated heterocycles. The van der Waals surface area contributed by atoms with Crippen LogP contribution in [0.2, 0.25) is 5.02 Å². The van der Waals surface area contributed by atoms with E-state index in [2.05, 4.69) is 10.0 Å². The van der Waals surface area contributed by atoms with Crippen LogP contribution < -0.4 is 15.8 Å². The van der Waals surface area contributed by atoms with E-state index in [1.54, 1.807) is 5.38 Å². The molecule has 0 bridgehead atoms. The Balaban J connectivity index is 2.14. The summed E-state index contributed by atoms with van der Waals surface area (Å²) in [7, 11) is -2.69. The maximum absolute atomic E-state index is 12.3. The summed E-state index contributed by atoms with van der Waals surface area (Å²) in [6, 6.07) is 5.01. The second-order valence-electron chi connectivity index (χ2n) is 5.42. The highest BCUT2D eigenvalue weighted by Gasteiger charge is 2.23. The number of rotatable bonds is 7. The van der Waals surface area contributed by atoms with Crippen molar-refractivity contribution in [3.8, 4) is 0 Å². The topological polar surface area (TPSA) is 145 Å². The first-order valence-electron chi connectivity index (χ1n) is 7.69. The van der Waals surface area contributed by atoms with Crippen molar-refractivity contribution in [2.45, 2.75) is 17.9 Å². The third kappa shape index (κ3) is 4.87. The monoisotopic (exact) mass is 445 g/mol. The fraction of sp³-hybridized carbons (Fsp3) is 0.188. The quantitative estimate of drug-likeness (QED) is 0.552. The van der Waals surface area contributed by atoms with Crippen LogP contribution in [0.15, 0.2) is 34.5 Å². The highest BCUT2D eigenvalue weighted by Crippen LogP contribution is 2.24. The molecule has 1 heterocycles. The summed E-state index contributed by atoms with van der Waals surface area (Å²) in [5.41, 5.74) is 5.24. The molecule has 0 radical (unpaired) electrons. The Bertz CT molecular complexity index is 1030. The summed E-state index contributed by atoms with van der Waals surface area (Å²) in [5, 5.41) is 4.19. The van der Waals surface area contributed by atoms with Crippen molar-refractivity contribution in [1.82, 2.24) is 4.72 Å². The number of hydrogen-bond donors (Lipinski definition) is 3. The van der Waals surface area contributed by atoms with Crippen molar-refractivity contribution >= 4 is 55.7 Å². The summed E-state index contributed by atoms with van der Waals surface area (Å²) in [5.74, 6) is -2.32. The number of benzene rings is 1. The number of sulfonamides is 1. The third-order valence-corrected chi connectivity index (χ3v) is 6.27. The van der Waals surface area contributed by atoms with E-state index < -0.39 is 33.9 Å². The number of nitrogens with one attached hydrogen (secondary N) is 2. The largest absolute Gasteiger partial charge is 0.449 e. The highest BCUT2D eigenvalue weighted by atomic mass is 35.5. The molecule has 12 heteroatoms. The molecule has 1 aromatic heterocycles. The predicted molar refractivity (Wildman–Crippen MR) is 104 cm³/mol. The Morgan fingerprint density at radius 2 is 1.93 bits per heavy atom. The lowest BCUT2D eigenvalue weighted by Gasteiger charge is -2.14. The van der Waals surface area contributed by atoms with E-state index >= 15 is 0 Å². The molecule has 0 saturated carbocycles. The number of amides is 2. The van der Waals surface area contributed by atoms with Gasteiger partial charge in [0.25, 0.3) is 11.8 Å². The Labute approximate surface area is 169 Å². The van der Waals surface area contributed by atoms with Gasteiger partial charge in [-0.25, -0.2) is 17.9 Å². The molecule has 2 aromatic rings. The zero-order chi connectivity index (χ0) is 21.1.